The van der Waals surface area contributed by atoms with Crippen molar-refractivity contribution in [2.45, 2.75) is 0 Å². The minimum atomic E-state index is -1.13. The summed E-state index contributed by atoms with van der Waals surface area (Å²) in [6.07, 6.45) is 0. The summed E-state index contributed by atoms with van der Waals surface area (Å²) in [6.45, 7) is 0. The summed E-state index contributed by atoms with van der Waals surface area (Å²) in [5.74, 6) is -2.87. The van der Waals surface area contributed by atoms with E-state index in [1.54, 1.807) is 18.2 Å². The molecular formula is C13H9ClF2N2O. The van der Waals surface area contributed by atoms with Crippen LogP contribution in [0.3, 0.4) is 0 Å². The first-order valence-corrected chi connectivity index (χ1v) is 5.66. The van der Waals surface area contributed by atoms with Crippen molar-refractivity contribution in [2.24, 2.45) is 0 Å². The molecule has 0 unspecified atom stereocenters. The summed E-state index contributed by atoms with van der Waals surface area (Å²) in [7, 11) is 0. The molecule has 0 atom stereocenters. The predicted molar refractivity (Wildman–Crippen MR) is 70.2 cm³/mol. The Morgan fingerprint density at radius 2 is 1.84 bits per heavy atom. The van der Waals surface area contributed by atoms with Gasteiger partial charge < -0.3 is 11.1 Å². The van der Waals surface area contributed by atoms with Crippen molar-refractivity contribution in [3.8, 4) is 0 Å². The second kappa shape index (κ2) is 5.24. The SMILES string of the molecule is Nc1cc(F)c(F)cc1C(=O)Nc1cccc(Cl)c1. The van der Waals surface area contributed by atoms with Gasteiger partial charge in [-0.3, -0.25) is 4.79 Å². The molecule has 0 saturated heterocycles. The second-order valence-electron chi connectivity index (χ2n) is 3.82. The van der Waals surface area contributed by atoms with Crippen molar-refractivity contribution in [3.63, 3.8) is 0 Å². The van der Waals surface area contributed by atoms with Gasteiger partial charge >= 0.3 is 0 Å². The summed E-state index contributed by atoms with van der Waals surface area (Å²) in [4.78, 5) is 11.9. The summed E-state index contributed by atoms with van der Waals surface area (Å²) in [5, 5.41) is 2.93. The summed E-state index contributed by atoms with van der Waals surface area (Å²) in [6, 6.07) is 7.94. The second-order valence-corrected chi connectivity index (χ2v) is 4.25. The molecule has 2 aromatic carbocycles. The average Bonchev–Trinajstić information content (AvgIpc) is 2.33. The molecule has 0 saturated carbocycles. The number of carbonyl (C=O) groups excluding carboxylic acids is 1. The van der Waals surface area contributed by atoms with Crippen LogP contribution in [-0.4, -0.2) is 5.91 Å². The molecule has 0 spiro atoms. The van der Waals surface area contributed by atoms with Crippen LogP contribution < -0.4 is 11.1 Å². The molecule has 0 bridgehead atoms. The summed E-state index contributed by atoms with van der Waals surface area (Å²) < 4.78 is 26.0. The van der Waals surface area contributed by atoms with Gasteiger partial charge in [0, 0.05) is 22.5 Å². The summed E-state index contributed by atoms with van der Waals surface area (Å²) >= 11 is 5.77. The van der Waals surface area contributed by atoms with E-state index in [1.165, 1.54) is 6.07 Å². The standard InChI is InChI=1S/C13H9ClF2N2O/c14-7-2-1-3-8(4-7)18-13(19)9-5-10(15)11(16)6-12(9)17/h1-6H,17H2,(H,18,19). The van der Waals surface area contributed by atoms with E-state index in [-0.39, 0.29) is 11.3 Å². The molecule has 2 rings (SSSR count). The maximum absolute atomic E-state index is 13.1. The fourth-order valence-corrected chi connectivity index (χ4v) is 1.71. The van der Waals surface area contributed by atoms with Gasteiger partial charge in [-0.1, -0.05) is 17.7 Å². The van der Waals surface area contributed by atoms with Gasteiger partial charge in [0.15, 0.2) is 11.6 Å². The molecule has 0 fully saturated rings. The average molecular weight is 283 g/mol. The Hall–Kier alpha value is -2.14. The van der Waals surface area contributed by atoms with Gasteiger partial charge in [0.25, 0.3) is 5.91 Å². The molecule has 19 heavy (non-hydrogen) atoms. The third-order valence-corrected chi connectivity index (χ3v) is 2.65. The van der Waals surface area contributed by atoms with Crippen LogP contribution in [0.2, 0.25) is 5.02 Å². The zero-order chi connectivity index (χ0) is 14.0. The molecule has 0 radical (unpaired) electrons. The number of benzene rings is 2. The number of carbonyl (C=O) groups is 1. The molecule has 0 heterocycles. The third kappa shape index (κ3) is 3.00. The van der Waals surface area contributed by atoms with Crippen molar-refractivity contribution < 1.29 is 13.6 Å². The van der Waals surface area contributed by atoms with E-state index in [0.29, 0.717) is 10.7 Å². The highest BCUT2D eigenvalue weighted by Crippen LogP contribution is 2.20. The normalized spacial score (nSPS) is 10.3. The fourth-order valence-electron chi connectivity index (χ4n) is 1.52. The molecule has 98 valence electrons. The molecular weight excluding hydrogens is 274 g/mol. The highest BCUT2D eigenvalue weighted by atomic mass is 35.5. The fraction of sp³-hybridized carbons (Fsp3) is 0. The molecule has 0 aliphatic carbocycles. The minimum absolute atomic E-state index is 0.140. The smallest absolute Gasteiger partial charge is 0.257 e. The zero-order valence-corrected chi connectivity index (χ0v) is 10.3. The Kier molecular flexibility index (Phi) is 3.66. The van der Waals surface area contributed by atoms with E-state index >= 15 is 0 Å². The molecule has 3 N–H and O–H groups in total. The van der Waals surface area contributed by atoms with Crippen molar-refractivity contribution in [2.75, 3.05) is 11.1 Å². The molecule has 6 heteroatoms. The molecule has 0 aromatic heterocycles. The van der Waals surface area contributed by atoms with Gasteiger partial charge in [0.05, 0.1) is 5.56 Å². The van der Waals surface area contributed by atoms with Crippen molar-refractivity contribution in [3.05, 3.63) is 58.6 Å². The van der Waals surface area contributed by atoms with Gasteiger partial charge in [-0.25, -0.2) is 8.78 Å². The van der Waals surface area contributed by atoms with Crippen LogP contribution in [0, 0.1) is 11.6 Å². The monoisotopic (exact) mass is 282 g/mol. The maximum Gasteiger partial charge on any atom is 0.257 e. The zero-order valence-electron chi connectivity index (χ0n) is 9.58. The quantitative estimate of drug-likeness (QED) is 0.829. The van der Waals surface area contributed by atoms with E-state index in [4.69, 9.17) is 17.3 Å². The Morgan fingerprint density at radius 1 is 1.16 bits per heavy atom. The molecule has 1 amide bonds. The lowest BCUT2D eigenvalue weighted by Crippen LogP contribution is -2.14. The Balaban J connectivity index is 2.28. The largest absolute Gasteiger partial charge is 0.398 e. The van der Waals surface area contributed by atoms with Crippen molar-refractivity contribution in [1.29, 1.82) is 0 Å². The van der Waals surface area contributed by atoms with Gasteiger partial charge in [-0.05, 0) is 24.3 Å². The number of hydrogen-bond acceptors (Lipinski definition) is 2. The van der Waals surface area contributed by atoms with Crippen LogP contribution >= 0.6 is 11.6 Å². The number of nitrogens with two attached hydrogens (primary N) is 1. The summed E-state index contributed by atoms with van der Waals surface area (Å²) in [5.41, 5.74) is 5.63. The highest BCUT2D eigenvalue weighted by molar-refractivity contribution is 6.31. The first-order valence-electron chi connectivity index (χ1n) is 5.29. The van der Waals surface area contributed by atoms with Gasteiger partial charge in [-0.15, -0.1) is 0 Å². The number of anilines is 2. The predicted octanol–water partition coefficient (Wildman–Crippen LogP) is 3.45. The Bertz CT molecular complexity index is 647. The van der Waals surface area contributed by atoms with E-state index < -0.39 is 17.5 Å². The van der Waals surface area contributed by atoms with Gasteiger partial charge in [0.2, 0.25) is 0 Å². The minimum Gasteiger partial charge on any atom is -0.398 e. The number of amides is 1. The lowest BCUT2D eigenvalue weighted by molar-refractivity contribution is 0.102. The van der Waals surface area contributed by atoms with Gasteiger partial charge in [-0.2, -0.15) is 0 Å². The number of nitrogen functional groups attached to an aromatic ring is 1. The molecule has 0 aliphatic rings. The van der Waals surface area contributed by atoms with Crippen molar-refractivity contribution >= 4 is 28.9 Å². The van der Waals surface area contributed by atoms with Gasteiger partial charge in [0.1, 0.15) is 0 Å². The van der Waals surface area contributed by atoms with Crippen LogP contribution in [-0.2, 0) is 0 Å². The Labute approximate surface area is 113 Å². The van der Waals surface area contributed by atoms with Crippen LogP contribution in [0.25, 0.3) is 0 Å². The number of rotatable bonds is 2. The topological polar surface area (TPSA) is 55.1 Å². The highest BCUT2D eigenvalue weighted by Gasteiger charge is 2.14. The van der Waals surface area contributed by atoms with Crippen LogP contribution in [0.1, 0.15) is 10.4 Å². The maximum atomic E-state index is 13.1. The first kappa shape index (κ1) is 13.3. The molecule has 2 aromatic rings. The molecule has 0 aliphatic heterocycles. The van der Waals surface area contributed by atoms with Crippen molar-refractivity contribution in [1.82, 2.24) is 0 Å². The van der Waals surface area contributed by atoms with Crippen LogP contribution in [0.5, 0.6) is 0 Å². The number of nitrogens with one attached hydrogen (secondary N) is 1. The van der Waals surface area contributed by atoms with E-state index in [1.807, 2.05) is 0 Å². The Morgan fingerprint density at radius 3 is 2.53 bits per heavy atom. The molecule has 3 nitrogen and oxygen atoms in total. The van der Waals surface area contributed by atoms with E-state index in [0.717, 1.165) is 12.1 Å². The van der Waals surface area contributed by atoms with E-state index in [9.17, 15) is 13.6 Å². The first-order chi connectivity index (χ1) is 8.97. The number of halogens is 3. The van der Waals surface area contributed by atoms with Crippen LogP contribution in [0.4, 0.5) is 20.2 Å². The lowest BCUT2D eigenvalue weighted by Gasteiger charge is -2.08. The van der Waals surface area contributed by atoms with Crippen LogP contribution in [0.15, 0.2) is 36.4 Å². The number of hydrogen-bond donors (Lipinski definition) is 2. The lowest BCUT2D eigenvalue weighted by atomic mass is 10.1. The van der Waals surface area contributed by atoms with E-state index in [2.05, 4.69) is 5.32 Å². The third-order valence-electron chi connectivity index (χ3n) is 2.42.